The smallest absolute Gasteiger partial charge is 0.256 e. The zero-order valence-electron chi connectivity index (χ0n) is 9.54. The maximum atomic E-state index is 13.7. The lowest BCUT2D eigenvalue weighted by atomic mass is 10.0. The lowest BCUT2D eigenvalue weighted by molar-refractivity contribution is -0.106. The van der Waals surface area contributed by atoms with Crippen LogP contribution in [-0.2, 0) is 9.47 Å². The Balaban J connectivity index is 2.42. The molecule has 1 fully saturated rings. The highest BCUT2D eigenvalue weighted by Gasteiger charge is 2.59. The third-order valence-corrected chi connectivity index (χ3v) is 2.94. The standard InChI is InChI=1S/C12H13F3O2/c1-16-11(17-2)7-4-3-5-9(13)10(7)8-6-12(8,14)15/h3-5,8,11H,6H2,1-2H3. The molecule has 0 heterocycles. The number of rotatable bonds is 4. The molecular formula is C12H13F3O2. The van der Waals surface area contributed by atoms with E-state index in [9.17, 15) is 13.2 Å². The van der Waals surface area contributed by atoms with Gasteiger partial charge in [-0.2, -0.15) is 0 Å². The van der Waals surface area contributed by atoms with Gasteiger partial charge >= 0.3 is 0 Å². The molecule has 1 aliphatic rings. The van der Waals surface area contributed by atoms with Crippen molar-refractivity contribution >= 4 is 0 Å². The van der Waals surface area contributed by atoms with Gasteiger partial charge in [-0.15, -0.1) is 0 Å². The summed E-state index contributed by atoms with van der Waals surface area (Å²) in [5.41, 5.74) is 0.336. The van der Waals surface area contributed by atoms with Crippen LogP contribution in [0.25, 0.3) is 0 Å². The minimum absolute atomic E-state index is 0.00574. The molecule has 0 bridgehead atoms. The Kier molecular flexibility index (Phi) is 3.14. The molecule has 0 saturated heterocycles. The van der Waals surface area contributed by atoms with Crippen LogP contribution in [0.2, 0.25) is 0 Å². The van der Waals surface area contributed by atoms with E-state index < -0.39 is 23.9 Å². The summed E-state index contributed by atoms with van der Waals surface area (Å²) in [6.07, 6.45) is -1.14. The summed E-state index contributed by atoms with van der Waals surface area (Å²) in [6.45, 7) is 0. The van der Waals surface area contributed by atoms with Gasteiger partial charge in [-0.3, -0.25) is 0 Å². The fraction of sp³-hybridized carbons (Fsp3) is 0.500. The molecular weight excluding hydrogens is 233 g/mol. The quantitative estimate of drug-likeness (QED) is 0.759. The van der Waals surface area contributed by atoms with Crippen LogP contribution >= 0.6 is 0 Å². The molecule has 1 unspecified atom stereocenters. The molecule has 2 rings (SSSR count). The number of alkyl halides is 2. The van der Waals surface area contributed by atoms with Crippen LogP contribution in [0.15, 0.2) is 18.2 Å². The average Bonchev–Trinajstić information content (AvgIpc) is 2.89. The van der Waals surface area contributed by atoms with E-state index in [0.717, 1.165) is 0 Å². The van der Waals surface area contributed by atoms with Gasteiger partial charge in [0.05, 0.1) is 5.92 Å². The molecule has 0 aliphatic heterocycles. The summed E-state index contributed by atoms with van der Waals surface area (Å²) in [5.74, 6) is -4.52. The highest BCUT2D eigenvalue weighted by Crippen LogP contribution is 2.57. The predicted molar refractivity (Wildman–Crippen MR) is 55.5 cm³/mol. The van der Waals surface area contributed by atoms with Gasteiger partial charge < -0.3 is 9.47 Å². The van der Waals surface area contributed by atoms with Crippen molar-refractivity contribution < 1.29 is 22.6 Å². The number of benzene rings is 1. The van der Waals surface area contributed by atoms with Crippen molar-refractivity contribution in [2.75, 3.05) is 14.2 Å². The van der Waals surface area contributed by atoms with Crippen molar-refractivity contribution in [1.29, 1.82) is 0 Å². The van der Waals surface area contributed by atoms with Crippen LogP contribution in [0.3, 0.4) is 0 Å². The molecule has 1 aromatic rings. The summed E-state index contributed by atoms with van der Waals surface area (Å²) >= 11 is 0. The zero-order valence-corrected chi connectivity index (χ0v) is 9.54. The summed E-state index contributed by atoms with van der Waals surface area (Å²) in [4.78, 5) is 0. The second-order valence-electron chi connectivity index (χ2n) is 4.06. The summed E-state index contributed by atoms with van der Waals surface area (Å²) in [7, 11) is 2.77. The van der Waals surface area contributed by atoms with Gasteiger partial charge in [-0.1, -0.05) is 12.1 Å². The largest absolute Gasteiger partial charge is 0.352 e. The van der Waals surface area contributed by atoms with Crippen LogP contribution in [-0.4, -0.2) is 20.1 Å². The number of hydrogen-bond acceptors (Lipinski definition) is 2. The van der Waals surface area contributed by atoms with E-state index in [1.165, 1.54) is 26.4 Å². The van der Waals surface area contributed by atoms with Gasteiger partial charge in [0, 0.05) is 31.8 Å². The van der Waals surface area contributed by atoms with E-state index in [1.54, 1.807) is 6.07 Å². The molecule has 1 aliphatic carbocycles. The first-order chi connectivity index (χ1) is 8.01. The van der Waals surface area contributed by atoms with Crippen LogP contribution < -0.4 is 0 Å². The van der Waals surface area contributed by atoms with Crippen molar-refractivity contribution in [3.8, 4) is 0 Å². The molecule has 1 aromatic carbocycles. The third-order valence-electron chi connectivity index (χ3n) is 2.94. The highest BCUT2D eigenvalue weighted by molar-refractivity contribution is 5.38. The molecule has 94 valence electrons. The third kappa shape index (κ3) is 2.17. The molecule has 0 amide bonds. The first-order valence-electron chi connectivity index (χ1n) is 5.23. The maximum absolute atomic E-state index is 13.7. The number of halogens is 3. The Hall–Kier alpha value is -1.07. The minimum Gasteiger partial charge on any atom is -0.352 e. The van der Waals surface area contributed by atoms with Gasteiger partial charge in [0.1, 0.15) is 5.82 Å². The fourth-order valence-electron chi connectivity index (χ4n) is 2.00. The Morgan fingerprint density at radius 3 is 2.35 bits per heavy atom. The number of ether oxygens (including phenoxy) is 2. The van der Waals surface area contributed by atoms with Gasteiger partial charge in [0.15, 0.2) is 6.29 Å². The van der Waals surface area contributed by atoms with E-state index in [0.29, 0.717) is 5.56 Å². The van der Waals surface area contributed by atoms with E-state index in [-0.39, 0.29) is 12.0 Å². The van der Waals surface area contributed by atoms with Crippen LogP contribution in [0.4, 0.5) is 13.2 Å². The van der Waals surface area contributed by atoms with E-state index in [2.05, 4.69) is 0 Å². The maximum Gasteiger partial charge on any atom is 0.256 e. The summed E-state index contributed by atoms with van der Waals surface area (Å²) in [6, 6.07) is 4.18. The van der Waals surface area contributed by atoms with E-state index in [1.807, 2.05) is 0 Å². The van der Waals surface area contributed by atoms with Crippen molar-refractivity contribution in [1.82, 2.24) is 0 Å². The van der Waals surface area contributed by atoms with Crippen LogP contribution in [0.1, 0.15) is 29.8 Å². The Morgan fingerprint density at radius 2 is 1.88 bits per heavy atom. The Morgan fingerprint density at radius 1 is 1.29 bits per heavy atom. The molecule has 0 N–H and O–H groups in total. The molecule has 0 radical (unpaired) electrons. The van der Waals surface area contributed by atoms with Crippen molar-refractivity contribution in [3.05, 3.63) is 35.1 Å². The Labute approximate surface area is 97.3 Å². The molecule has 5 heteroatoms. The predicted octanol–water partition coefficient (Wildman–Crippen LogP) is 3.24. The fourth-order valence-corrected chi connectivity index (χ4v) is 2.00. The molecule has 1 saturated carbocycles. The van der Waals surface area contributed by atoms with Gasteiger partial charge in [-0.25, -0.2) is 13.2 Å². The van der Waals surface area contributed by atoms with Crippen LogP contribution in [0.5, 0.6) is 0 Å². The second-order valence-corrected chi connectivity index (χ2v) is 4.06. The second kappa shape index (κ2) is 4.31. The molecule has 0 aromatic heterocycles. The van der Waals surface area contributed by atoms with Crippen LogP contribution in [0, 0.1) is 5.82 Å². The summed E-state index contributed by atoms with van der Waals surface area (Å²) < 4.78 is 49.8. The number of methoxy groups -OCH3 is 2. The average molecular weight is 246 g/mol. The van der Waals surface area contributed by atoms with Gasteiger partial charge in [0.2, 0.25) is 0 Å². The molecule has 2 nitrogen and oxygen atoms in total. The van der Waals surface area contributed by atoms with Crippen molar-refractivity contribution in [2.24, 2.45) is 0 Å². The first kappa shape index (κ1) is 12.4. The first-order valence-corrected chi connectivity index (χ1v) is 5.23. The lowest BCUT2D eigenvalue weighted by Crippen LogP contribution is -2.09. The van der Waals surface area contributed by atoms with E-state index >= 15 is 0 Å². The minimum atomic E-state index is -2.82. The monoisotopic (exact) mass is 246 g/mol. The van der Waals surface area contributed by atoms with E-state index in [4.69, 9.17) is 9.47 Å². The molecule has 17 heavy (non-hydrogen) atoms. The normalized spacial score (nSPS) is 21.9. The summed E-state index contributed by atoms with van der Waals surface area (Å²) in [5, 5.41) is 0. The highest BCUT2D eigenvalue weighted by atomic mass is 19.3. The lowest BCUT2D eigenvalue weighted by Gasteiger charge is -2.18. The Bertz CT molecular complexity index is 416. The topological polar surface area (TPSA) is 18.5 Å². The van der Waals surface area contributed by atoms with Gasteiger partial charge in [-0.05, 0) is 6.07 Å². The van der Waals surface area contributed by atoms with Crippen molar-refractivity contribution in [2.45, 2.75) is 24.6 Å². The molecule has 1 atom stereocenters. The van der Waals surface area contributed by atoms with Gasteiger partial charge in [0.25, 0.3) is 5.92 Å². The SMILES string of the molecule is COC(OC)c1cccc(F)c1C1CC1(F)F. The molecule has 0 spiro atoms. The van der Waals surface area contributed by atoms with Crippen molar-refractivity contribution in [3.63, 3.8) is 0 Å². The number of hydrogen-bond donors (Lipinski definition) is 0. The zero-order chi connectivity index (χ0) is 12.6.